The Morgan fingerprint density at radius 1 is 1.07 bits per heavy atom. The van der Waals surface area contributed by atoms with Gasteiger partial charge < -0.3 is 4.74 Å². The fourth-order valence-electron chi connectivity index (χ4n) is 2.58. The van der Waals surface area contributed by atoms with Crippen LogP contribution in [0.5, 0.6) is 5.75 Å². The molecule has 146 valence electrons. The van der Waals surface area contributed by atoms with E-state index in [-0.39, 0.29) is 23.9 Å². The van der Waals surface area contributed by atoms with Crippen LogP contribution in [-0.2, 0) is 14.4 Å². The van der Waals surface area contributed by atoms with Gasteiger partial charge in [-0.25, -0.2) is 4.39 Å². The maximum absolute atomic E-state index is 13.8. The number of rotatable bonds is 5. The fraction of sp³-hybridized carbons (Fsp3) is 0.294. The maximum atomic E-state index is 13.8. The molecule has 0 saturated carbocycles. The molecular weight excluding hydrogens is 390 g/mol. The molecule has 2 aromatic rings. The summed E-state index contributed by atoms with van der Waals surface area (Å²) in [6.07, 6.45) is -4.98. The number of ether oxygens (including phenoxy) is 1. The first kappa shape index (κ1) is 19.6. The summed E-state index contributed by atoms with van der Waals surface area (Å²) in [7, 11) is -3.97. The smallest absolute Gasteiger partial charge is 0.403 e. The first-order valence-electron chi connectivity index (χ1n) is 7.85. The van der Waals surface area contributed by atoms with Crippen LogP contribution in [0.2, 0.25) is 0 Å². The van der Waals surface area contributed by atoms with Crippen molar-refractivity contribution in [3.63, 3.8) is 0 Å². The molecule has 0 spiro atoms. The molecule has 10 heteroatoms. The maximum Gasteiger partial charge on any atom is 0.573 e. The molecule has 1 fully saturated rings. The summed E-state index contributed by atoms with van der Waals surface area (Å²) >= 11 is 0. The van der Waals surface area contributed by atoms with E-state index >= 15 is 0 Å². The lowest BCUT2D eigenvalue weighted by atomic mass is 9.93. The predicted molar refractivity (Wildman–Crippen MR) is 86.8 cm³/mol. The van der Waals surface area contributed by atoms with E-state index in [2.05, 4.69) is 4.74 Å². The minimum absolute atomic E-state index is 0.0104. The first-order valence-corrected chi connectivity index (χ1v) is 9.26. The van der Waals surface area contributed by atoms with Crippen molar-refractivity contribution in [3.05, 3.63) is 59.4 Å². The molecule has 3 rings (SSSR count). The van der Waals surface area contributed by atoms with Crippen molar-refractivity contribution in [2.45, 2.75) is 24.1 Å². The summed E-state index contributed by atoms with van der Waals surface area (Å²) < 4.78 is 83.2. The summed E-state index contributed by atoms with van der Waals surface area (Å²) in [5, 5.41) is 1.19. The molecule has 27 heavy (non-hydrogen) atoms. The Balaban J connectivity index is 1.61. The van der Waals surface area contributed by atoms with Crippen LogP contribution >= 0.6 is 0 Å². The Hall–Kier alpha value is -2.17. The molecule has 1 aliphatic heterocycles. The van der Waals surface area contributed by atoms with E-state index in [0.717, 1.165) is 17.7 Å². The van der Waals surface area contributed by atoms with Gasteiger partial charge in [0.15, 0.2) is 11.6 Å². The Morgan fingerprint density at radius 2 is 1.70 bits per heavy atom. The van der Waals surface area contributed by atoms with Crippen LogP contribution in [-0.4, -0.2) is 32.9 Å². The zero-order chi connectivity index (χ0) is 19.8. The first-order chi connectivity index (χ1) is 12.5. The Bertz CT molecular complexity index is 923. The van der Waals surface area contributed by atoms with Crippen molar-refractivity contribution in [3.8, 4) is 5.75 Å². The molecule has 1 saturated heterocycles. The lowest BCUT2D eigenvalue weighted by molar-refractivity contribution is -0.275. The zero-order valence-corrected chi connectivity index (χ0v) is 14.8. The highest BCUT2D eigenvalue weighted by atomic mass is 32.2. The van der Waals surface area contributed by atoms with Gasteiger partial charge in [-0.15, -0.1) is 13.2 Å². The largest absolute Gasteiger partial charge is 0.573 e. The average Bonchev–Trinajstić information content (AvgIpc) is 2.52. The quantitative estimate of drug-likeness (QED) is 0.710. The van der Waals surface area contributed by atoms with Gasteiger partial charge >= 0.3 is 16.5 Å². The van der Waals surface area contributed by atoms with Crippen LogP contribution in [0.15, 0.2) is 47.4 Å². The van der Waals surface area contributed by atoms with Crippen LogP contribution in [0.3, 0.4) is 0 Å². The van der Waals surface area contributed by atoms with Gasteiger partial charge in [0, 0.05) is 19.0 Å². The molecule has 0 amide bonds. The Morgan fingerprint density at radius 3 is 2.26 bits per heavy atom. The molecule has 0 bridgehead atoms. The van der Waals surface area contributed by atoms with Crippen molar-refractivity contribution in [1.82, 2.24) is 5.06 Å². The van der Waals surface area contributed by atoms with E-state index in [9.17, 15) is 26.0 Å². The normalized spacial score (nSPS) is 16.2. The molecule has 1 heterocycles. The molecule has 1 aliphatic rings. The highest BCUT2D eigenvalue weighted by Crippen LogP contribution is 2.33. The molecule has 5 nitrogen and oxygen atoms in total. The molecule has 2 aromatic carbocycles. The van der Waals surface area contributed by atoms with Gasteiger partial charge in [0.1, 0.15) is 0 Å². The number of hydrogen-bond donors (Lipinski definition) is 0. The van der Waals surface area contributed by atoms with Crippen LogP contribution in [0.4, 0.5) is 17.6 Å². The number of nitrogens with zero attached hydrogens (tertiary/aromatic N) is 1. The van der Waals surface area contributed by atoms with Gasteiger partial charge in [0.25, 0.3) is 0 Å². The Labute approximate surface area is 153 Å². The number of aryl methyl sites for hydroxylation is 1. The minimum Gasteiger partial charge on any atom is -0.403 e. The second kappa shape index (κ2) is 7.10. The van der Waals surface area contributed by atoms with Crippen LogP contribution < -0.4 is 4.74 Å². The number of benzene rings is 2. The van der Waals surface area contributed by atoms with Crippen LogP contribution in [0, 0.1) is 12.7 Å². The number of halogens is 4. The van der Waals surface area contributed by atoms with Gasteiger partial charge in [0.05, 0.1) is 4.90 Å². The van der Waals surface area contributed by atoms with Crippen molar-refractivity contribution in [1.29, 1.82) is 0 Å². The van der Waals surface area contributed by atoms with E-state index in [1.54, 1.807) is 12.1 Å². The van der Waals surface area contributed by atoms with Gasteiger partial charge in [0.2, 0.25) is 0 Å². The molecular formula is C17H15F4NO4S. The summed E-state index contributed by atoms with van der Waals surface area (Å²) in [6, 6.07) is 9.28. The summed E-state index contributed by atoms with van der Waals surface area (Å²) in [6.45, 7) is 2.13. The molecule has 0 atom stereocenters. The third-order valence-electron chi connectivity index (χ3n) is 4.01. The highest BCUT2D eigenvalue weighted by molar-refractivity contribution is 7.86. The standard InChI is InChI=1S/C17H15F4NO4S/c1-11-2-5-14(6-3-11)27(23,24)26-22-9-13(10-22)12-4-7-16(15(18)8-12)25-17(19,20)21/h2-8,13H,9-10H2,1H3. The number of alkyl halides is 3. The van der Waals surface area contributed by atoms with Crippen molar-refractivity contribution >= 4 is 10.1 Å². The summed E-state index contributed by atoms with van der Waals surface area (Å²) in [4.78, 5) is 0.0104. The molecule has 0 radical (unpaired) electrons. The topological polar surface area (TPSA) is 55.8 Å². The SMILES string of the molecule is Cc1ccc(S(=O)(=O)ON2CC(c3ccc(OC(F)(F)F)c(F)c3)C2)cc1. The van der Waals surface area contributed by atoms with E-state index in [4.69, 9.17) is 4.28 Å². The predicted octanol–water partition coefficient (Wildman–Crippen LogP) is 3.75. The number of hydrogen-bond acceptors (Lipinski definition) is 5. The van der Waals surface area contributed by atoms with Gasteiger partial charge in [-0.1, -0.05) is 23.8 Å². The highest BCUT2D eigenvalue weighted by Gasteiger charge is 2.35. The van der Waals surface area contributed by atoms with E-state index in [1.165, 1.54) is 23.3 Å². The summed E-state index contributed by atoms with van der Waals surface area (Å²) in [5.74, 6) is -2.33. The summed E-state index contributed by atoms with van der Waals surface area (Å²) in [5.41, 5.74) is 1.33. The van der Waals surface area contributed by atoms with Crippen molar-refractivity contribution in [2.75, 3.05) is 13.1 Å². The second-order valence-corrected chi connectivity index (χ2v) is 7.65. The average molecular weight is 405 g/mol. The molecule has 0 unspecified atom stereocenters. The van der Waals surface area contributed by atoms with Gasteiger partial charge in [-0.05, 0) is 36.8 Å². The second-order valence-electron chi connectivity index (χ2n) is 6.12. The van der Waals surface area contributed by atoms with Gasteiger partial charge in [-0.2, -0.15) is 17.8 Å². The van der Waals surface area contributed by atoms with Crippen molar-refractivity contribution < 1.29 is 35.0 Å². The third kappa shape index (κ3) is 4.76. The molecule has 0 aromatic heterocycles. The lowest BCUT2D eigenvalue weighted by Crippen LogP contribution is -2.45. The lowest BCUT2D eigenvalue weighted by Gasteiger charge is -2.37. The van der Waals surface area contributed by atoms with E-state index in [1.807, 2.05) is 6.92 Å². The van der Waals surface area contributed by atoms with Gasteiger partial charge in [-0.3, -0.25) is 0 Å². The number of hydroxylamine groups is 2. The van der Waals surface area contributed by atoms with Crippen LogP contribution in [0.25, 0.3) is 0 Å². The molecule has 0 N–H and O–H groups in total. The van der Waals surface area contributed by atoms with Crippen molar-refractivity contribution in [2.24, 2.45) is 0 Å². The van der Waals surface area contributed by atoms with Crippen LogP contribution in [0.1, 0.15) is 17.0 Å². The zero-order valence-electron chi connectivity index (χ0n) is 14.0. The van der Waals surface area contributed by atoms with E-state index in [0.29, 0.717) is 5.56 Å². The monoisotopic (exact) mass is 405 g/mol. The van der Waals surface area contributed by atoms with E-state index < -0.39 is 28.0 Å². The molecule has 0 aliphatic carbocycles. The third-order valence-corrected chi connectivity index (χ3v) is 5.27. The minimum atomic E-state index is -4.98. The fourth-order valence-corrected chi connectivity index (χ4v) is 3.53. The Kier molecular flexibility index (Phi) is 5.15.